The summed E-state index contributed by atoms with van der Waals surface area (Å²) in [6.07, 6.45) is 0. The molecule has 0 spiro atoms. The van der Waals surface area contributed by atoms with Gasteiger partial charge >= 0.3 is 0 Å². The second kappa shape index (κ2) is 6.71. The molecule has 3 aromatic rings. The molecule has 0 aliphatic heterocycles. The molecule has 0 bridgehead atoms. The summed E-state index contributed by atoms with van der Waals surface area (Å²) in [6, 6.07) is 13.1. The van der Waals surface area contributed by atoms with E-state index in [0.717, 1.165) is 11.1 Å². The number of ether oxygens (including phenoxy) is 2. The second-order valence-corrected chi connectivity index (χ2v) is 5.25. The molecular formula is C17H16ClN3O2. The predicted octanol–water partition coefficient (Wildman–Crippen LogP) is 4.20. The van der Waals surface area contributed by atoms with Crippen molar-refractivity contribution in [3.05, 3.63) is 47.5 Å². The highest BCUT2D eigenvalue weighted by Gasteiger charge is 2.11. The Balaban J connectivity index is 1.95. The number of halogens is 1. The minimum atomic E-state index is 0.560. The van der Waals surface area contributed by atoms with Crippen LogP contribution in [0.4, 0.5) is 0 Å². The Morgan fingerprint density at radius 1 is 1.09 bits per heavy atom. The van der Waals surface area contributed by atoms with E-state index < -0.39 is 0 Å². The van der Waals surface area contributed by atoms with Gasteiger partial charge in [0.1, 0.15) is 0 Å². The maximum Gasteiger partial charge on any atom is 0.181 e. The normalized spacial score (nSPS) is 10.6. The molecule has 0 amide bonds. The Morgan fingerprint density at radius 3 is 2.70 bits per heavy atom. The number of hydrogen-bond donors (Lipinski definition) is 1. The molecule has 0 fully saturated rings. The molecule has 0 atom stereocenters. The molecule has 118 valence electrons. The molecular weight excluding hydrogens is 314 g/mol. The van der Waals surface area contributed by atoms with Crippen molar-refractivity contribution in [3.8, 4) is 34.3 Å². The maximum atomic E-state index is 6.01. The second-order valence-electron chi connectivity index (χ2n) is 4.82. The third-order valence-corrected chi connectivity index (χ3v) is 3.54. The van der Waals surface area contributed by atoms with E-state index in [1.165, 1.54) is 0 Å². The van der Waals surface area contributed by atoms with Crippen LogP contribution in [0.1, 0.15) is 6.92 Å². The van der Waals surface area contributed by atoms with E-state index in [4.69, 9.17) is 21.1 Å². The highest BCUT2D eigenvalue weighted by molar-refractivity contribution is 6.30. The molecule has 1 heterocycles. The van der Waals surface area contributed by atoms with Crippen LogP contribution in [0.2, 0.25) is 5.02 Å². The van der Waals surface area contributed by atoms with Gasteiger partial charge in [-0.25, -0.2) is 4.98 Å². The summed E-state index contributed by atoms with van der Waals surface area (Å²) >= 11 is 6.01. The summed E-state index contributed by atoms with van der Waals surface area (Å²) < 4.78 is 10.9. The Labute approximate surface area is 139 Å². The largest absolute Gasteiger partial charge is 0.493 e. The standard InChI is InChI=1S/C17H16ClN3O2/c1-3-23-15-10-12(7-8-14(15)22-2)17-19-16(20-21-17)11-5-4-6-13(18)9-11/h4-10H,3H2,1-2H3,(H,19,20,21). The molecule has 1 N–H and O–H groups in total. The fourth-order valence-corrected chi connectivity index (χ4v) is 2.43. The van der Waals surface area contributed by atoms with E-state index in [-0.39, 0.29) is 0 Å². The number of nitrogens with zero attached hydrogens (tertiary/aromatic N) is 2. The molecule has 5 nitrogen and oxygen atoms in total. The van der Waals surface area contributed by atoms with Gasteiger partial charge in [0.15, 0.2) is 23.1 Å². The smallest absolute Gasteiger partial charge is 0.181 e. The van der Waals surface area contributed by atoms with Crippen LogP contribution in [-0.2, 0) is 0 Å². The first kappa shape index (κ1) is 15.4. The molecule has 0 unspecified atom stereocenters. The van der Waals surface area contributed by atoms with Crippen molar-refractivity contribution in [2.75, 3.05) is 13.7 Å². The number of hydrogen-bond acceptors (Lipinski definition) is 4. The highest BCUT2D eigenvalue weighted by atomic mass is 35.5. The topological polar surface area (TPSA) is 60.0 Å². The van der Waals surface area contributed by atoms with Gasteiger partial charge in [0.25, 0.3) is 0 Å². The zero-order valence-corrected chi connectivity index (χ0v) is 13.6. The Hall–Kier alpha value is -2.53. The zero-order valence-electron chi connectivity index (χ0n) is 12.8. The highest BCUT2D eigenvalue weighted by Crippen LogP contribution is 2.32. The molecule has 0 radical (unpaired) electrons. The number of rotatable bonds is 5. The van der Waals surface area contributed by atoms with E-state index >= 15 is 0 Å². The van der Waals surface area contributed by atoms with Gasteiger partial charge in [-0.1, -0.05) is 23.7 Å². The zero-order chi connectivity index (χ0) is 16.2. The van der Waals surface area contributed by atoms with Crippen LogP contribution in [0.5, 0.6) is 11.5 Å². The summed E-state index contributed by atoms with van der Waals surface area (Å²) in [7, 11) is 1.61. The fraction of sp³-hybridized carbons (Fsp3) is 0.176. The molecule has 2 aromatic carbocycles. The number of benzene rings is 2. The van der Waals surface area contributed by atoms with E-state index in [2.05, 4.69) is 15.2 Å². The van der Waals surface area contributed by atoms with Crippen molar-refractivity contribution in [2.45, 2.75) is 6.92 Å². The van der Waals surface area contributed by atoms with Crippen LogP contribution in [0.25, 0.3) is 22.8 Å². The molecule has 3 rings (SSSR count). The lowest BCUT2D eigenvalue weighted by Crippen LogP contribution is -1.96. The molecule has 6 heteroatoms. The average molecular weight is 330 g/mol. The van der Waals surface area contributed by atoms with Crippen molar-refractivity contribution >= 4 is 11.6 Å². The van der Waals surface area contributed by atoms with E-state index in [9.17, 15) is 0 Å². The van der Waals surface area contributed by atoms with Gasteiger partial charge in [0.05, 0.1) is 13.7 Å². The van der Waals surface area contributed by atoms with Gasteiger partial charge in [0, 0.05) is 16.1 Å². The minimum absolute atomic E-state index is 0.560. The summed E-state index contributed by atoms with van der Waals surface area (Å²) in [5.41, 5.74) is 1.73. The number of aromatic nitrogens is 3. The first-order valence-electron chi connectivity index (χ1n) is 7.21. The maximum absolute atomic E-state index is 6.01. The third kappa shape index (κ3) is 3.29. The van der Waals surface area contributed by atoms with E-state index in [0.29, 0.717) is 34.8 Å². The molecule has 0 aliphatic rings. The Bertz CT molecular complexity index is 817. The molecule has 23 heavy (non-hydrogen) atoms. The molecule has 1 aromatic heterocycles. The van der Waals surface area contributed by atoms with Crippen molar-refractivity contribution in [1.82, 2.24) is 15.2 Å². The quantitative estimate of drug-likeness (QED) is 0.762. The Kier molecular flexibility index (Phi) is 4.48. The Morgan fingerprint density at radius 2 is 1.96 bits per heavy atom. The average Bonchev–Trinajstić information content (AvgIpc) is 3.05. The number of aromatic amines is 1. The van der Waals surface area contributed by atoms with Gasteiger partial charge in [-0.15, -0.1) is 0 Å². The van der Waals surface area contributed by atoms with Crippen LogP contribution >= 0.6 is 11.6 Å². The SMILES string of the molecule is CCOc1cc(-c2nc(-c3cccc(Cl)c3)n[nH]2)ccc1OC. The van der Waals surface area contributed by atoms with Crippen molar-refractivity contribution in [1.29, 1.82) is 0 Å². The first-order valence-corrected chi connectivity index (χ1v) is 7.58. The third-order valence-electron chi connectivity index (χ3n) is 3.31. The number of methoxy groups -OCH3 is 1. The molecule has 0 saturated heterocycles. The van der Waals surface area contributed by atoms with E-state index in [1.807, 2.05) is 49.4 Å². The fourth-order valence-electron chi connectivity index (χ4n) is 2.24. The predicted molar refractivity (Wildman–Crippen MR) is 90.0 cm³/mol. The van der Waals surface area contributed by atoms with Crippen LogP contribution in [-0.4, -0.2) is 28.9 Å². The van der Waals surface area contributed by atoms with Crippen LogP contribution in [0.3, 0.4) is 0 Å². The van der Waals surface area contributed by atoms with Crippen molar-refractivity contribution in [2.24, 2.45) is 0 Å². The summed E-state index contributed by atoms with van der Waals surface area (Å²) in [6.45, 7) is 2.49. The van der Waals surface area contributed by atoms with Crippen LogP contribution < -0.4 is 9.47 Å². The monoisotopic (exact) mass is 329 g/mol. The van der Waals surface area contributed by atoms with Crippen molar-refractivity contribution < 1.29 is 9.47 Å². The lowest BCUT2D eigenvalue weighted by atomic mass is 10.2. The van der Waals surface area contributed by atoms with Gasteiger partial charge < -0.3 is 9.47 Å². The van der Waals surface area contributed by atoms with Crippen molar-refractivity contribution in [3.63, 3.8) is 0 Å². The van der Waals surface area contributed by atoms with Crippen LogP contribution in [0, 0.1) is 0 Å². The summed E-state index contributed by atoms with van der Waals surface area (Å²) in [4.78, 5) is 4.53. The molecule has 0 aliphatic carbocycles. The number of H-pyrrole nitrogens is 1. The van der Waals surface area contributed by atoms with Crippen LogP contribution in [0.15, 0.2) is 42.5 Å². The first-order chi connectivity index (χ1) is 11.2. The minimum Gasteiger partial charge on any atom is -0.493 e. The lowest BCUT2D eigenvalue weighted by molar-refractivity contribution is 0.311. The summed E-state index contributed by atoms with van der Waals surface area (Å²) in [5.74, 6) is 2.61. The molecule has 0 saturated carbocycles. The summed E-state index contributed by atoms with van der Waals surface area (Å²) in [5, 5.41) is 7.85. The van der Waals surface area contributed by atoms with Gasteiger partial charge in [-0.2, -0.15) is 5.10 Å². The van der Waals surface area contributed by atoms with Gasteiger partial charge in [0.2, 0.25) is 0 Å². The van der Waals surface area contributed by atoms with Gasteiger partial charge in [-0.3, -0.25) is 5.10 Å². The lowest BCUT2D eigenvalue weighted by Gasteiger charge is -2.09. The number of nitrogens with one attached hydrogen (secondary N) is 1. The van der Waals surface area contributed by atoms with Gasteiger partial charge in [-0.05, 0) is 37.3 Å². The van der Waals surface area contributed by atoms with E-state index in [1.54, 1.807) is 7.11 Å².